The molecule has 3 fully saturated rings. The van der Waals surface area contributed by atoms with Crippen molar-refractivity contribution in [1.82, 2.24) is 14.9 Å². The van der Waals surface area contributed by atoms with Gasteiger partial charge in [0.05, 0.1) is 5.75 Å². The number of sulfonamides is 1. The number of hydrogen-bond donors (Lipinski definition) is 2. The van der Waals surface area contributed by atoms with Gasteiger partial charge in [-0.15, -0.1) is 0 Å². The van der Waals surface area contributed by atoms with Crippen molar-refractivity contribution in [3.05, 3.63) is 0 Å². The first kappa shape index (κ1) is 16.7. The van der Waals surface area contributed by atoms with Crippen molar-refractivity contribution in [1.29, 1.82) is 0 Å². The van der Waals surface area contributed by atoms with Crippen LogP contribution in [0.3, 0.4) is 0 Å². The molecule has 1 atom stereocenters. The molecule has 3 rings (SSSR count). The molecule has 0 aromatic heterocycles. The zero-order valence-electron chi connectivity index (χ0n) is 13.8. The van der Waals surface area contributed by atoms with Crippen LogP contribution >= 0.6 is 0 Å². The Morgan fingerprint density at radius 3 is 2.50 bits per heavy atom. The van der Waals surface area contributed by atoms with Crippen LogP contribution in [0, 0.1) is 17.3 Å². The van der Waals surface area contributed by atoms with Gasteiger partial charge in [0.15, 0.2) is 0 Å². The maximum Gasteiger partial charge on any atom is 0.211 e. The highest BCUT2D eigenvalue weighted by atomic mass is 32.2. The molecular weight excluding hydrogens is 298 g/mol. The van der Waals surface area contributed by atoms with Crippen molar-refractivity contribution < 1.29 is 8.42 Å². The summed E-state index contributed by atoms with van der Waals surface area (Å²) in [7, 11) is -3.03. The summed E-state index contributed by atoms with van der Waals surface area (Å²) in [6, 6.07) is 0. The van der Waals surface area contributed by atoms with Gasteiger partial charge in [-0.1, -0.05) is 0 Å². The van der Waals surface area contributed by atoms with Crippen LogP contribution in [0.15, 0.2) is 0 Å². The molecule has 3 aliphatic rings. The van der Waals surface area contributed by atoms with Crippen LogP contribution < -0.4 is 10.0 Å². The van der Waals surface area contributed by atoms with Crippen molar-refractivity contribution >= 4 is 10.0 Å². The molecule has 6 heteroatoms. The molecule has 1 saturated carbocycles. The molecule has 1 spiro atoms. The second-order valence-electron chi connectivity index (χ2n) is 7.72. The molecule has 0 aromatic rings. The van der Waals surface area contributed by atoms with E-state index in [-0.39, 0.29) is 5.75 Å². The van der Waals surface area contributed by atoms with E-state index in [1.807, 2.05) is 0 Å². The van der Waals surface area contributed by atoms with E-state index in [2.05, 4.69) is 14.9 Å². The lowest BCUT2D eigenvalue weighted by atomic mass is 9.66. The van der Waals surface area contributed by atoms with Crippen LogP contribution in [0.25, 0.3) is 0 Å². The molecule has 22 heavy (non-hydrogen) atoms. The standard InChI is InChI=1S/C16H31N3O2S/c1-2-22(20,21)18-10-14-3-6-16(7-4-14)12-19(13-16)11-15-5-8-17-9-15/h14-15,17-18H,2-13H2,1H3. The normalized spacial score (nSPS) is 29.8. The summed E-state index contributed by atoms with van der Waals surface area (Å²) in [4.78, 5) is 2.64. The van der Waals surface area contributed by atoms with Crippen molar-refractivity contribution in [2.75, 3.05) is 45.0 Å². The van der Waals surface area contributed by atoms with Crippen molar-refractivity contribution in [3.8, 4) is 0 Å². The highest BCUT2D eigenvalue weighted by Gasteiger charge is 2.45. The Morgan fingerprint density at radius 2 is 1.91 bits per heavy atom. The van der Waals surface area contributed by atoms with E-state index in [0.717, 1.165) is 5.92 Å². The van der Waals surface area contributed by atoms with Crippen molar-refractivity contribution in [2.45, 2.75) is 39.0 Å². The molecule has 128 valence electrons. The van der Waals surface area contributed by atoms with Crippen LogP contribution in [0.1, 0.15) is 39.0 Å². The van der Waals surface area contributed by atoms with E-state index in [9.17, 15) is 8.42 Å². The number of nitrogens with zero attached hydrogens (tertiary/aromatic N) is 1. The summed E-state index contributed by atoms with van der Waals surface area (Å²) in [6.45, 7) is 8.55. The smallest absolute Gasteiger partial charge is 0.211 e. The van der Waals surface area contributed by atoms with E-state index >= 15 is 0 Å². The van der Waals surface area contributed by atoms with E-state index in [1.54, 1.807) is 6.92 Å². The number of rotatable bonds is 6. The first-order valence-corrected chi connectivity index (χ1v) is 10.6. The van der Waals surface area contributed by atoms with Crippen molar-refractivity contribution in [2.24, 2.45) is 17.3 Å². The zero-order chi connectivity index (χ0) is 15.6. The van der Waals surface area contributed by atoms with Gasteiger partial charge in [0, 0.05) is 26.2 Å². The minimum absolute atomic E-state index is 0.189. The number of likely N-dealkylation sites (tertiary alicyclic amines) is 1. The van der Waals surface area contributed by atoms with Gasteiger partial charge in [-0.05, 0) is 69.4 Å². The highest BCUT2D eigenvalue weighted by molar-refractivity contribution is 7.89. The average Bonchev–Trinajstić information content (AvgIpc) is 2.98. The van der Waals surface area contributed by atoms with Gasteiger partial charge in [0.25, 0.3) is 0 Å². The molecule has 2 heterocycles. The summed E-state index contributed by atoms with van der Waals surface area (Å²) in [5, 5.41) is 3.45. The van der Waals surface area contributed by atoms with Gasteiger partial charge in [-0.3, -0.25) is 0 Å². The maximum absolute atomic E-state index is 11.5. The monoisotopic (exact) mass is 329 g/mol. The Kier molecular flexibility index (Phi) is 5.12. The Bertz CT molecular complexity index is 458. The molecule has 2 saturated heterocycles. The molecule has 1 unspecified atom stereocenters. The van der Waals surface area contributed by atoms with Gasteiger partial charge in [-0.2, -0.15) is 0 Å². The van der Waals surface area contributed by atoms with Crippen LogP contribution in [0.4, 0.5) is 0 Å². The summed E-state index contributed by atoms with van der Waals surface area (Å²) in [5.74, 6) is 1.59. The van der Waals surface area contributed by atoms with Gasteiger partial charge in [0.2, 0.25) is 10.0 Å². The first-order chi connectivity index (χ1) is 10.5. The number of hydrogen-bond acceptors (Lipinski definition) is 4. The summed E-state index contributed by atoms with van der Waals surface area (Å²) < 4.78 is 25.8. The van der Waals surface area contributed by atoms with Crippen LogP contribution in [-0.2, 0) is 10.0 Å². The van der Waals surface area contributed by atoms with Crippen LogP contribution in [0.5, 0.6) is 0 Å². The minimum Gasteiger partial charge on any atom is -0.316 e. The summed E-state index contributed by atoms with van der Waals surface area (Å²) >= 11 is 0. The van der Waals surface area contributed by atoms with Gasteiger partial charge >= 0.3 is 0 Å². The van der Waals surface area contributed by atoms with Crippen molar-refractivity contribution in [3.63, 3.8) is 0 Å². The zero-order valence-corrected chi connectivity index (χ0v) is 14.6. The molecule has 1 aliphatic carbocycles. The van der Waals surface area contributed by atoms with E-state index in [0.29, 0.717) is 17.9 Å². The molecule has 2 N–H and O–H groups in total. The molecular formula is C16H31N3O2S. The van der Waals surface area contributed by atoms with Crippen LogP contribution in [-0.4, -0.2) is 58.3 Å². The van der Waals surface area contributed by atoms with Crippen LogP contribution in [0.2, 0.25) is 0 Å². The van der Waals surface area contributed by atoms with E-state index < -0.39 is 10.0 Å². The lowest BCUT2D eigenvalue weighted by Gasteiger charge is -2.54. The minimum atomic E-state index is -3.03. The average molecular weight is 330 g/mol. The third-order valence-electron chi connectivity index (χ3n) is 5.93. The third kappa shape index (κ3) is 4.02. The van der Waals surface area contributed by atoms with E-state index in [4.69, 9.17) is 0 Å². The fourth-order valence-electron chi connectivity index (χ4n) is 4.42. The Labute approximate surface area is 135 Å². The molecule has 0 radical (unpaired) electrons. The SMILES string of the molecule is CCS(=O)(=O)NCC1CCC2(CC1)CN(CC1CCNC1)C2. The van der Waals surface area contributed by atoms with Gasteiger partial charge < -0.3 is 10.2 Å². The molecule has 2 aliphatic heterocycles. The molecule has 0 bridgehead atoms. The molecule has 0 aromatic carbocycles. The largest absolute Gasteiger partial charge is 0.316 e. The summed E-state index contributed by atoms with van der Waals surface area (Å²) in [6.07, 6.45) is 6.27. The lowest BCUT2D eigenvalue weighted by Crippen LogP contribution is -2.58. The Hall–Kier alpha value is -0.170. The van der Waals surface area contributed by atoms with Gasteiger partial charge in [0.1, 0.15) is 0 Å². The number of nitrogens with one attached hydrogen (secondary N) is 2. The topological polar surface area (TPSA) is 61.4 Å². The second kappa shape index (κ2) is 6.75. The predicted molar refractivity (Wildman–Crippen MR) is 89.3 cm³/mol. The molecule has 5 nitrogen and oxygen atoms in total. The Morgan fingerprint density at radius 1 is 1.18 bits per heavy atom. The predicted octanol–water partition coefficient (Wildman–Crippen LogP) is 1.03. The molecule has 0 amide bonds. The quantitative estimate of drug-likeness (QED) is 0.764. The Balaban J connectivity index is 1.36. The third-order valence-corrected chi connectivity index (χ3v) is 7.30. The summed E-state index contributed by atoms with van der Waals surface area (Å²) in [5.41, 5.74) is 0.562. The van der Waals surface area contributed by atoms with E-state index in [1.165, 1.54) is 64.8 Å². The fourth-order valence-corrected chi connectivity index (χ4v) is 5.12. The fraction of sp³-hybridized carbons (Fsp3) is 1.00. The second-order valence-corrected chi connectivity index (χ2v) is 9.82. The first-order valence-electron chi connectivity index (χ1n) is 8.91. The lowest BCUT2D eigenvalue weighted by molar-refractivity contribution is -0.0437. The maximum atomic E-state index is 11.5. The highest BCUT2D eigenvalue weighted by Crippen LogP contribution is 2.45. The van der Waals surface area contributed by atoms with Gasteiger partial charge in [-0.25, -0.2) is 13.1 Å².